The highest BCUT2D eigenvalue weighted by atomic mass is 35.5. The molecule has 0 saturated carbocycles. The van der Waals surface area contributed by atoms with Crippen molar-refractivity contribution >= 4 is 24.8 Å². The average Bonchev–Trinajstić information content (AvgIpc) is 2.72. The van der Waals surface area contributed by atoms with E-state index in [1.54, 1.807) is 0 Å². The largest absolute Gasteiger partial charge is 0.491 e. The van der Waals surface area contributed by atoms with E-state index in [0.717, 1.165) is 49.6 Å². The number of benzene rings is 2. The Bertz CT molecular complexity index is 721. The van der Waals surface area contributed by atoms with Crippen LogP contribution < -0.4 is 4.74 Å². The number of hydrogen-bond donors (Lipinski definition) is 1. The summed E-state index contributed by atoms with van der Waals surface area (Å²) in [7, 11) is 0. The molecule has 174 valence electrons. The number of hydrogen-bond acceptors (Lipinski definition) is 5. The third-order valence-corrected chi connectivity index (χ3v) is 5.38. The van der Waals surface area contributed by atoms with Gasteiger partial charge in [-0.3, -0.25) is 9.80 Å². The van der Waals surface area contributed by atoms with E-state index in [9.17, 15) is 5.11 Å². The molecule has 1 saturated heterocycles. The number of para-hydroxylation sites is 1. The molecule has 2 aromatic carbocycles. The molecule has 0 aliphatic carbocycles. The molecule has 1 atom stereocenters. The first kappa shape index (κ1) is 27.7. The lowest BCUT2D eigenvalue weighted by Crippen LogP contribution is -2.48. The van der Waals surface area contributed by atoms with Crippen LogP contribution in [0.4, 0.5) is 0 Å². The van der Waals surface area contributed by atoms with E-state index in [0.29, 0.717) is 26.4 Å². The Kier molecular flexibility index (Phi) is 13.1. The average molecular weight is 471 g/mol. The standard InChI is InChI=1S/C24H34N2O3.2ClH/c1-20-7-6-8-21(2)24(20)29-16-15-28-19-23(27)18-26-13-11-25(12-14-26)17-22-9-4-3-5-10-22;;/h3-10,23,27H,11-19H2,1-2H3;2*1H. The lowest BCUT2D eigenvalue weighted by Gasteiger charge is -2.35. The zero-order chi connectivity index (χ0) is 20.5. The fourth-order valence-electron chi connectivity index (χ4n) is 3.77. The topological polar surface area (TPSA) is 45.2 Å². The van der Waals surface area contributed by atoms with Gasteiger partial charge in [-0.15, -0.1) is 24.8 Å². The number of ether oxygens (including phenoxy) is 2. The van der Waals surface area contributed by atoms with E-state index >= 15 is 0 Å². The van der Waals surface area contributed by atoms with Crippen molar-refractivity contribution in [2.24, 2.45) is 0 Å². The van der Waals surface area contributed by atoms with Gasteiger partial charge in [-0.05, 0) is 30.5 Å². The number of nitrogens with zero attached hydrogens (tertiary/aromatic N) is 2. The summed E-state index contributed by atoms with van der Waals surface area (Å²) in [6.07, 6.45) is -0.462. The van der Waals surface area contributed by atoms with Gasteiger partial charge in [-0.2, -0.15) is 0 Å². The zero-order valence-corrected chi connectivity index (χ0v) is 20.2. The van der Waals surface area contributed by atoms with Gasteiger partial charge in [-0.1, -0.05) is 48.5 Å². The second-order valence-electron chi connectivity index (χ2n) is 7.86. The highest BCUT2D eigenvalue weighted by molar-refractivity contribution is 5.85. The molecular weight excluding hydrogens is 435 g/mol. The number of aryl methyl sites for hydroxylation is 2. The molecule has 1 fully saturated rings. The van der Waals surface area contributed by atoms with Crippen LogP contribution in [0.15, 0.2) is 48.5 Å². The first-order valence-corrected chi connectivity index (χ1v) is 10.6. The van der Waals surface area contributed by atoms with Crippen molar-refractivity contribution in [2.75, 3.05) is 52.5 Å². The summed E-state index contributed by atoms with van der Waals surface area (Å²) in [5, 5.41) is 10.3. The smallest absolute Gasteiger partial charge is 0.125 e. The molecular formula is C24H36Cl2N2O3. The number of β-amino-alcohol motifs (C(OH)–C–C–N with tert-alkyl or cyclic N) is 1. The molecule has 5 nitrogen and oxygen atoms in total. The van der Waals surface area contributed by atoms with Gasteiger partial charge in [0.25, 0.3) is 0 Å². The van der Waals surface area contributed by atoms with Gasteiger partial charge < -0.3 is 14.6 Å². The molecule has 0 radical (unpaired) electrons. The molecule has 7 heteroatoms. The van der Waals surface area contributed by atoms with Crippen molar-refractivity contribution < 1.29 is 14.6 Å². The second kappa shape index (κ2) is 14.7. The van der Waals surface area contributed by atoms with E-state index in [4.69, 9.17) is 9.47 Å². The van der Waals surface area contributed by atoms with Crippen molar-refractivity contribution in [3.63, 3.8) is 0 Å². The maximum atomic E-state index is 10.3. The maximum Gasteiger partial charge on any atom is 0.125 e. The van der Waals surface area contributed by atoms with Crippen LogP contribution >= 0.6 is 24.8 Å². The number of halogens is 2. The number of aliphatic hydroxyl groups is 1. The van der Waals surface area contributed by atoms with Crippen LogP contribution in [-0.2, 0) is 11.3 Å². The molecule has 0 aromatic heterocycles. The molecule has 0 spiro atoms. The molecule has 1 N–H and O–H groups in total. The molecule has 0 bridgehead atoms. The summed E-state index contributed by atoms with van der Waals surface area (Å²) in [6.45, 7) is 11.1. The van der Waals surface area contributed by atoms with E-state index < -0.39 is 6.10 Å². The minimum atomic E-state index is -0.462. The fraction of sp³-hybridized carbons (Fsp3) is 0.500. The minimum absolute atomic E-state index is 0. The molecule has 1 aliphatic rings. The predicted molar refractivity (Wildman–Crippen MR) is 131 cm³/mol. The Balaban J connectivity index is 0.00000240. The first-order chi connectivity index (χ1) is 14.1. The van der Waals surface area contributed by atoms with E-state index in [-0.39, 0.29) is 24.8 Å². The van der Waals surface area contributed by atoms with Gasteiger partial charge in [0.05, 0.1) is 19.3 Å². The summed E-state index contributed by atoms with van der Waals surface area (Å²) in [5.41, 5.74) is 3.63. The summed E-state index contributed by atoms with van der Waals surface area (Å²) in [4.78, 5) is 4.79. The molecule has 1 unspecified atom stereocenters. The molecule has 2 aromatic rings. The summed E-state index contributed by atoms with van der Waals surface area (Å²) in [5.74, 6) is 0.935. The van der Waals surface area contributed by atoms with Gasteiger partial charge in [0.15, 0.2) is 0 Å². The molecule has 1 aliphatic heterocycles. The molecule has 0 amide bonds. The van der Waals surface area contributed by atoms with E-state index in [2.05, 4.69) is 40.1 Å². The lowest BCUT2D eigenvalue weighted by molar-refractivity contribution is -0.000523. The number of piperazine rings is 1. The second-order valence-corrected chi connectivity index (χ2v) is 7.86. The van der Waals surface area contributed by atoms with Crippen LogP contribution in [0.3, 0.4) is 0 Å². The van der Waals surface area contributed by atoms with Crippen LogP contribution in [0.5, 0.6) is 5.75 Å². The summed E-state index contributed by atoms with van der Waals surface area (Å²) >= 11 is 0. The Hall–Kier alpha value is -1.34. The third-order valence-electron chi connectivity index (χ3n) is 5.38. The highest BCUT2D eigenvalue weighted by Crippen LogP contribution is 2.22. The predicted octanol–water partition coefficient (Wildman–Crippen LogP) is 3.72. The normalized spacial score (nSPS) is 15.6. The first-order valence-electron chi connectivity index (χ1n) is 10.6. The monoisotopic (exact) mass is 470 g/mol. The van der Waals surface area contributed by atoms with Crippen molar-refractivity contribution in [3.05, 3.63) is 65.2 Å². The Morgan fingerprint density at radius 3 is 2.10 bits per heavy atom. The van der Waals surface area contributed by atoms with E-state index in [1.807, 2.05) is 32.0 Å². The van der Waals surface area contributed by atoms with E-state index in [1.165, 1.54) is 5.56 Å². The Labute approximate surface area is 199 Å². The van der Waals surface area contributed by atoms with Crippen LogP contribution in [0.1, 0.15) is 16.7 Å². The zero-order valence-electron chi connectivity index (χ0n) is 18.5. The number of rotatable bonds is 10. The number of aliphatic hydroxyl groups excluding tert-OH is 1. The lowest BCUT2D eigenvalue weighted by atomic mass is 10.1. The fourth-order valence-corrected chi connectivity index (χ4v) is 3.77. The summed E-state index contributed by atoms with van der Waals surface area (Å²) < 4.78 is 11.5. The van der Waals surface area contributed by atoms with Crippen molar-refractivity contribution in [2.45, 2.75) is 26.5 Å². The maximum absolute atomic E-state index is 10.3. The van der Waals surface area contributed by atoms with Crippen LogP contribution in [0.25, 0.3) is 0 Å². The molecule has 31 heavy (non-hydrogen) atoms. The minimum Gasteiger partial charge on any atom is -0.491 e. The SMILES string of the molecule is Cc1cccc(C)c1OCCOCC(O)CN1CCN(Cc2ccccc2)CC1.Cl.Cl. The Morgan fingerprint density at radius 2 is 1.45 bits per heavy atom. The quantitative estimate of drug-likeness (QED) is 0.536. The van der Waals surface area contributed by atoms with Crippen molar-refractivity contribution in [1.82, 2.24) is 9.80 Å². The molecule has 3 rings (SSSR count). The van der Waals surface area contributed by atoms with Crippen LogP contribution in [-0.4, -0.2) is 73.6 Å². The van der Waals surface area contributed by atoms with Gasteiger partial charge in [0, 0.05) is 39.3 Å². The molecule has 1 heterocycles. The van der Waals surface area contributed by atoms with Crippen LogP contribution in [0, 0.1) is 13.8 Å². The van der Waals surface area contributed by atoms with Gasteiger partial charge >= 0.3 is 0 Å². The van der Waals surface area contributed by atoms with Crippen LogP contribution in [0.2, 0.25) is 0 Å². The van der Waals surface area contributed by atoms with Crippen molar-refractivity contribution in [1.29, 1.82) is 0 Å². The Morgan fingerprint density at radius 1 is 0.839 bits per heavy atom. The van der Waals surface area contributed by atoms with Gasteiger partial charge in [0.2, 0.25) is 0 Å². The third kappa shape index (κ3) is 9.36. The van der Waals surface area contributed by atoms with Crippen molar-refractivity contribution in [3.8, 4) is 5.75 Å². The summed E-state index contributed by atoms with van der Waals surface area (Å²) in [6, 6.07) is 16.7. The highest BCUT2D eigenvalue weighted by Gasteiger charge is 2.19. The van der Waals surface area contributed by atoms with Gasteiger partial charge in [-0.25, -0.2) is 0 Å². The van der Waals surface area contributed by atoms with Gasteiger partial charge in [0.1, 0.15) is 12.4 Å².